The third kappa shape index (κ3) is 4.27. The van der Waals surface area contributed by atoms with Crippen molar-refractivity contribution in [2.24, 2.45) is 0 Å². The molecule has 0 aliphatic carbocycles. The quantitative estimate of drug-likeness (QED) is 0.461. The fraction of sp³-hybridized carbons (Fsp3) is 0.182. The van der Waals surface area contributed by atoms with Crippen molar-refractivity contribution in [2.45, 2.75) is 27.3 Å². The number of rotatable bonds is 5. The Morgan fingerprint density at radius 1 is 1.10 bits per heavy atom. The van der Waals surface area contributed by atoms with Gasteiger partial charge >= 0.3 is 0 Å². The second-order valence-electron chi connectivity index (χ2n) is 7.06. The van der Waals surface area contributed by atoms with Crippen LogP contribution in [0.2, 0.25) is 5.15 Å². The Morgan fingerprint density at radius 2 is 1.87 bits per heavy atom. The Balaban J connectivity index is 1.54. The maximum absolute atomic E-state index is 12.9. The molecule has 152 valence electrons. The fourth-order valence-corrected chi connectivity index (χ4v) is 4.27. The number of carbonyl (C=O) groups is 1. The molecular weight excluding hydrogens is 418 g/mol. The molecule has 0 atom stereocenters. The van der Waals surface area contributed by atoms with Gasteiger partial charge in [-0.2, -0.15) is 5.10 Å². The first-order chi connectivity index (χ1) is 14.4. The SMILES string of the molecule is Cc1cc(C)nc(-c2csc(NC(=O)c3c(C)nn(Cc4ccccc4)c3Cl)n2)c1. The van der Waals surface area contributed by atoms with Crippen molar-refractivity contribution in [1.82, 2.24) is 19.7 Å². The van der Waals surface area contributed by atoms with Crippen molar-refractivity contribution in [3.05, 3.63) is 81.1 Å². The van der Waals surface area contributed by atoms with Crippen LogP contribution in [0, 0.1) is 20.8 Å². The minimum absolute atomic E-state index is 0.307. The molecule has 0 saturated carbocycles. The van der Waals surface area contributed by atoms with Crippen molar-refractivity contribution in [2.75, 3.05) is 5.32 Å². The van der Waals surface area contributed by atoms with Crippen LogP contribution in [0.15, 0.2) is 47.8 Å². The third-order valence-corrected chi connectivity index (χ3v) is 5.69. The van der Waals surface area contributed by atoms with Gasteiger partial charge in [0, 0.05) is 11.1 Å². The minimum atomic E-state index is -0.328. The Hall–Kier alpha value is -3.03. The number of hydrogen-bond donors (Lipinski definition) is 1. The highest BCUT2D eigenvalue weighted by atomic mass is 35.5. The summed E-state index contributed by atoms with van der Waals surface area (Å²) in [5.41, 5.74) is 5.54. The van der Waals surface area contributed by atoms with Crippen molar-refractivity contribution in [3.8, 4) is 11.4 Å². The van der Waals surface area contributed by atoms with Crippen LogP contribution in [-0.2, 0) is 6.54 Å². The molecule has 4 rings (SSSR count). The lowest BCUT2D eigenvalue weighted by Crippen LogP contribution is -2.13. The molecule has 8 heteroatoms. The van der Waals surface area contributed by atoms with Crippen LogP contribution in [-0.4, -0.2) is 25.7 Å². The molecule has 0 saturated heterocycles. The highest BCUT2D eigenvalue weighted by Gasteiger charge is 2.21. The van der Waals surface area contributed by atoms with E-state index >= 15 is 0 Å². The summed E-state index contributed by atoms with van der Waals surface area (Å²) in [4.78, 5) is 21.9. The minimum Gasteiger partial charge on any atom is -0.298 e. The average molecular weight is 438 g/mol. The second-order valence-corrected chi connectivity index (χ2v) is 8.27. The van der Waals surface area contributed by atoms with Crippen LogP contribution < -0.4 is 5.32 Å². The molecule has 0 bridgehead atoms. The fourth-order valence-electron chi connectivity index (χ4n) is 3.25. The first kappa shape index (κ1) is 20.3. The normalized spacial score (nSPS) is 10.9. The molecule has 0 aliphatic heterocycles. The van der Waals surface area contributed by atoms with Crippen molar-refractivity contribution in [1.29, 1.82) is 0 Å². The van der Waals surface area contributed by atoms with Crippen molar-refractivity contribution in [3.63, 3.8) is 0 Å². The van der Waals surface area contributed by atoms with E-state index in [2.05, 4.69) is 20.4 Å². The van der Waals surface area contributed by atoms with Gasteiger partial charge < -0.3 is 0 Å². The summed E-state index contributed by atoms with van der Waals surface area (Å²) in [5, 5.41) is 9.95. The Bertz CT molecular complexity index is 1200. The number of hydrogen-bond acceptors (Lipinski definition) is 5. The van der Waals surface area contributed by atoms with E-state index in [9.17, 15) is 4.79 Å². The smallest absolute Gasteiger partial charge is 0.262 e. The van der Waals surface area contributed by atoms with E-state index in [1.54, 1.807) is 11.6 Å². The van der Waals surface area contributed by atoms with Gasteiger partial charge in [0.25, 0.3) is 5.91 Å². The molecule has 0 spiro atoms. The van der Waals surface area contributed by atoms with Crippen LogP contribution >= 0.6 is 22.9 Å². The molecule has 0 fully saturated rings. The highest BCUT2D eigenvalue weighted by Crippen LogP contribution is 2.27. The van der Waals surface area contributed by atoms with E-state index in [1.165, 1.54) is 11.3 Å². The number of nitrogens with one attached hydrogen (secondary N) is 1. The summed E-state index contributed by atoms with van der Waals surface area (Å²) in [7, 11) is 0. The number of aromatic nitrogens is 4. The molecule has 0 radical (unpaired) electrons. The number of thiazole rings is 1. The maximum Gasteiger partial charge on any atom is 0.262 e. The lowest BCUT2D eigenvalue weighted by molar-refractivity contribution is 0.102. The lowest BCUT2D eigenvalue weighted by Gasteiger charge is -2.04. The summed E-state index contributed by atoms with van der Waals surface area (Å²) in [6, 6.07) is 13.8. The van der Waals surface area contributed by atoms with Gasteiger partial charge in [-0.3, -0.25) is 15.1 Å². The first-order valence-corrected chi connectivity index (χ1v) is 10.7. The van der Waals surface area contributed by atoms with Crippen molar-refractivity contribution >= 4 is 34.0 Å². The highest BCUT2D eigenvalue weighted by molar-refractivity contribution is 7.14. The zero-order valence-electron chi connectivity index (χ0n) is 16.8. The lowest BCUT2D eigenvalue weighted by atomic mass is 10.2. The summed E-state index contributed by atoms with van der Waals surface area (Å²) < 4.78 is 1.63. The van der Waals surface area contributed by atoms with Crippen LogP contribution in [0.5, 0.6) is 0 Å². The molecule has 30 heavy (non-hydrogen) atoms. The molecule has 3 heterocycles. The number of anilines is 1. The number of nitrogens with zero attached hydrogens (tertiary/aromatic N) is 4. The van der Waals surface area contributed by atoms with Crippen LogP contribution in [0.1, 0.15) is 32.9 Å². The van der Waals surface area contributed by atoms with E-state index in [-0.39, 0.29) is 5.91 Å². The van der Waals surface area contributed by atoms with E-state index in [0.717, 1.165) is 28.2 Å². The average Bonchev–Trinajstić information content (AvgIpc) is 3.26. The van der Waals surface area contributed by atoms with Gasteiger partial charge in [0.2, 0.25) is 0 Å². The number of benzene rings is 1. The summed E-state index contributed by atoms with van der Waals surface area (Å²) in [6.45, 7) is 6.23. The zero-order valence-corrected chi connectivity index (χ0v) is 18.4. The molecule has 0 aliphatic rings. The number of halogens is 1. The standard InChI is InChI=1S/C22H20ClN5OS/c1-13-9-14(2)24-17(10-13)18-12-30-22(25-18)26-21(29)19-15(3)27-28(20(19)23)11-16-7-5-4-6-8-16/h4-10,12H,11H2,1-3H3,(H,25,26,29). The van der Waals surface area contributed by atoms with E-state index in [0.29, 0.717) is 28.1 Å². The maximum atomic E-state index is 12.9. The predicted octanol–water partition coefficient (Wildman–Crippen LogP) is 5.28. The number of amides is 1. The third-order valence-electron chi connectivity index (χ3n) is 4.55. The van der Waals surface area contributed by atoms with Gasteiger partial charge in [-0.25, -0.2) is 9.67 Å². The number of carbonyl (C=O) groups excluding carboxylic acids is 1. The first-order valence-electron chi connectivity index (χ1n) is 9.40. The van der Waals surface area contributed by atoms with Crippen LogP contribution in [0.25, 0.3) is 11.4 Å². The van der Waals surface area contributed by atoms with Gasteiger partial charge in [-0.1, -0.05) is 41.9 Å². The largest absolute Gasteiger partial charge is 0.298 e. The summed E-state index contributed by atoms with van der Waals surface area (Å²) >= 11 is 7.84. The summed E-state index contributed by atoms with van der Waals surface area (Å²) in [6.07, 6.45) is 0. The number of pyridine rings is 1. The number of aryl methyl sites for hydroxylation is 3. The molecule has 4 aromatic rings. The van der Waals surface area contributed by atoms with Crippen molar-refractivity contribution < 1.29 is 4.79 Å². The van der Waals surface area contributed by atoms with Gasteiger partial charge in [0.05, 0.1) is 23.5 Å². The molecule has 1 aromatic carbocycles. The van der Waals surface area contributed by atoms with Crippen LogP contribution in [0.4, 0.5) is 5.13 Å². The molecule has 0 unspecified atom stereocenters. The summed E-state index contributed by atoms with van der Waals surface area (Å²) in [5.74, 6) is -0.328. The van der Waals surface area contributed by atoms with Crippen LogP contribution in [0.3, 0.4) is 0 Å². The zero-order chi connectivity index (χ0) is 21.3. The Labute approximate surface area is 183 Å². The monoisotopic (exact) mass is 437 g/mol. The Morgan fingerprint density at radius 3 is 2.60 bits per heavy atom. The van der Waals surface area contributed by atoms with Gasteiger partial charge in [-0.15, -0.1) is 11.3 Å². The Kier molecular flexibility index (Phi) is 5.65. The second kappa shape index (κ2) is 8.38. The van der Waals surface area contributed by atoms with E-state index in [4.69, 9.17) is 11.6 Å². The molecule has 1 N–H and O–H groups in total. The van der Waals surface area contributed by atoms with E-state index in [1.807, 2.05) is 61.7 Å². The molecule has 1 amide bonds. The van der Waals surface area contributed by atoms with Gasteiger partial charge in [0.1, 0.15) is 10.8 Å². The predicted molar refractivity (Wildman–Crippen MR) is 120 cm³/mol. The molecular formula is C22H20ClN5OS. The molecule has 3 aromatic heterocycles. The van der Waals surface area contributed by atoms with Gasteiger partial charge in [0.15, 0.2) is 5.13 Å². The van der Waals surface area contributed by atoms with E-state index < -0.39 is 0 Å². The van der Waals surface area contributed by atoms with Gasteiger partial charge in [-0.05, 0) is 44.0 Å². The topological polar surface area (TPSA) is 72.7 Å². The molecule has 6 nitrogen and oxygen atoms in total.